The summed E-state index contributed by atoms with van der Waals surface area (Å²) in [6, 6.07) is 17.4. The van der Waals surface area contributed by atoms with Gasteiger partial charge in [-0.1, -0.05) is 29.8 Å². The highest BCUT2D eigenvalue weighted by Crippen LogP contribution is 2.27. The molecular weight excluding hydrogens is 555 g/mol. The number of hydrogen-bond donors (Lipinski definition) is 0. The van der Waals surface area contributed by atoms with Crippen LogP contribution in [0.25, 0.3) is 28.7 Å². The summed E-state index contributed by atoms with van der Waals surface area (Å²) in [4.78, 5) is 30.8. The summed E-state index contributed by atoms with van der Waals surface area (Å²) in [6.07, 6.45) is 3.59. The van der Waals surface area contributed by atoms with Crippen LogP contribution >= 0.6 is 34.2 Å². The molecule has 4 rings (SSSR count). The van der Waals surface area contributed by atoms with Crippen LogP contribution in [0.3, 0.4) is 0 Å². The van der Waals surface area contributed by atoms with Crippen molar-refractivity contribution < 1.29 is 4.92 Å². The summed E-state index contributed by atoms with van der Waals surface area (Å²) < 4.78 is 2.28. The smallest absolute Gasteiger partial charge is 0.271 e. The summed E-state index contributed by atoms with van der Waals surface area (Å²) in [7, 11) is 3.94. The summed E-state index contributed by atoms with van der Waals surface area (Å²) >= 11 is 8.51. The van der Waals surface area contributed by atoms with Gasteiger partial charge in [0.25, 0.3) is 11.2 Å². The van der Waals surface area contributed by atoms with Crippen LogP contribution in [0.15, 0.2) is 65.5 Å². The Balaban J connectivity index is 1.90. The topological polar surface area (TPSA) is 81.3 Å². The van der Waals surface area contributed by atoms with Crippen molar-refractivity contribution in [3.8, 4) is 5.69 Å². The second kappa shape index (κ2) is 9.32. The molecular formula is C24H18ClIN4O3. The molecule has 0 aliphatic rings. The Morgan fingerprint density at radius 3 is 2.42 bits per heavy atom. The standard InChI is InChI=1S/C24H18ClIN4O3/c1-28(2)17-7-3-15(4-8-17)5-12-23-27-21-10-6-16(26)13-19(21)24(31)29(23)22-11-9-18(30(32)33)14-20(22)25/h3-14H,1-2H3/b12-5+. The van der Waals surface area contributed by atoms with Gasteiger partial charge in [-0.2, -0.15) is 0 Å². The molecule has 0 bridgehead atoms. The molecule has 0 spiro atoms. The van der Waals surface area contributed by atoms with E-state index in [0.29, 0.717) is 22.4 Å². The van der Waals surface area contributed by atoms with Crippen LogP contribution in [0.4, 0.5) is 11.4 Å². The largest absolute Gasteiger partial charge is 0.378 e. The van der Waals surface area contributed by atoms with E-state index in [1.54, 1.807) is 18.2 Å². The van der Waals surface area contributed by atoms with Crippen LogP contribution in [0.2, 0.25) is 5.02 Å². The van der Waals surface area contributed by atoms with E-state index in [4.69, 9.17) is 11.6 Å². The quantitative estimate of drug-likeness (QED) is 0.172. The number of nitro groups is 1. The first-order valence-electron chi connectivity index (χ1n) is 9.87. The molecule has 0 fully saturated rings. The van der Waals surface area contributed by atoms with E-state index in [1.807, 2.05) is 55.4 Å². The van der Waals surface area contributed by atoms with E-state index in [-0.39, 0.29) is 16.3 Å². The molecule has 0 saturated carbocycles. The first kappa shape index (κ1) is 22.9. The third-order valence-corrected chi connectivity index (χ3v) is 6.05. The lowest BCUT2D eigenvalue weighted by Gasteiger charge is -2.13. The van der Waals surface area contributed by atoms with Crippen molar-refractivity contribution in [2.45, 2.75) is 0 Å². The van der Waals surface area contributed by atoms with Gasteiger partial charge < -0.3 is 4.90 Å². The number of fused-ring (bicyclic) bond motifs is 1. The van der Waals surface area contributed by atoms with Crippen LogP contribution in [0.5, 0.6) is 0 Å². The zero-order chi connectivity index (χ0) is 23.7. The molecule has 166 valence electrons. The van der Waals surface area contributed by atoms with Crippen LogP contribution < -0.4 is 10.5 Å². The summed E-state index contributed by atoms with van der Waals surface area (Å²) in [5.41, 5.74) is 2.41. The molecule has 0 radical (unpaired) electrons. The highest BCUT2D eigenvalue weighted by Gasteiger charge is 2.16. The first-order chi connectivity index (χ1) is 15.7. The number of rotatable bonds is 5. The Labute approximate surface area is 208 Å². The molecule has 0 aliphatic heterocycles. The lowest BCUT2D eigenvalue weighted by molar-refractivity contribution is -0.384. The minimum Gasteiger partial charge on any atom is -0.378 e. The second-order valence-electron chi connectivity index (χ2n) is 7.48. The maximum Gasteiger partial charge on any atom is 0.271 e. The molecule has 0 saturated heterocycles. The number of benzene rings is 3. The van der Waals surface area contributed by atoms with Gasteiger partial charge >= 0.3 is 0 Å². The highest BCUT2D eigenvalue weighted by molar-refractivity contribution is 14.1. The zero-order valence-electron chi connectivity index (χ0n) is 17.7. The van der Waals surface area contributed by atoms with Crippen molar-refractivity contribution in [1.82, 2.24) is 9.55 Å². The maximum atomic E-state index is 13.5. The van der Waals surface area contributed by atoms with Gasteiger partial charge in [0.05, 0.1) is 26.5 Å². The predicted octanol–water partition coefficient (Wildman–Crippen LogP) is 5.79. The molecule has 4 aromatic rings. The third-order valence-electron chi connectivity index (χ3n) is 5.07. The van der Waals surface area contributed by atoms with Gasteiger partial charge in [-0.25, -0.2) is 4.98 Å². The van der Waals surface area contributed by atoms with Gasteiger partial charge in [-0.05, 0) is 70.6 Å². The molecule has 1 heterocycles. The summed E-state index contributed by atoms with van der Waals surface area (Å²) in [5, 5.41) is 11.6. The van der Waals surface area contributed by atoms with Crippen molar-refractivity contribution >= 4 is 68.6 Å². The number of nitrogens with zero attached hydrogens (tertiary/aromatic N) is 4. The van der Waals surface area contributed by atoms with Gasteiger partial charge in [0.1, 0.15) is 5.82 Å². The van der Waals surface area contributed by atoms with Crippen molar-refractivity contribution in [2.75, 3.05) is 19.0 Å². The van der Waals surface area contributed by atoms with Gasteiger partial charge in [0.2, 0.25) is 0 Å². The van der Waals surface area contributed by atoms with Gasteiger partial charge in [-0.15, -0.1) is 0 Å². The van der Waals surface area contributed by atoms with Gasteiger partial charge in [-0.3, -0.25) is 19.5 Å². The Morgan fingerprint density at radius 1 is 1.06 bits per heavy atom. The van der Waals surface area contributed by atoms with Crippen LogP contribution in [-0.2, 0) is 0 Å². The van der Waals surface area contributed by atoms with Gasteiger partial charge in [0, 0.05) is 35.5 Å². The number of nitro benzene ring substituents is 1. The predicted molar refractivity (Wildman–Crippen MR) is 141 cm³/mol. The monoisotopic (exact) mass is 572 g/mol. The SMILES string of the molecule is CN(C)c1ccc(/C=C/c2nc3ccc(I)cc3c(=O)n2-c2ccc([N+](=O)[O-])cc2Cl)cc1. The molecule has 1 aromatic heterocycles. The summed E-state index contributed by atoms with van der Waals surface area (Å²) in [6.45, 7) is 0. The van der Waals surface area contributed by atoms with Crippen LogP contribution in [0, 0.1) is 13.7 Å². The van der Waals surface area contributed by atoms with Crippen LogP contribution in [0.1, 0.15) is 11.4 Å². The van der Waals surface area contributed by atoms with E-state index >= 15 is 0 Å². The molecule has 7 nitrogen and oxygen atoms in total. The van der Waals surface area contributed by atoms with Crippen LogP contribution in [-0.4, -0.2) is 28.6 Å². The average Bonchev–Trinajstić information content (AvgIpc) is 2.79. The molecule has 0 aliphatic carbocycles. The maximum absolute atomic E-state index is 13.5. The number of anilines is 1. The normalized spacial score (nSPS) is 11.3. The Kier molecular flexibility index (Phi) is 6.48. The molecule has 0 amide bonds. The van der Waals surface area contributed by atoms with Crippen molar-refractivity contribution in [2.24, 2.45) is 0 Å². The van der Waals surface area contributed by atoms with Crippen molar-refractivity contribution in [3.63, 3.8) is 0 Å². The molecule has 3 aromatic carbocycles. The number of non-ortho nitro benzene ring substituents is 1. The minimum absolute atomic E-state index is 0.0862. The van der Waals surface area contributed by atoms with E-state index in [2.05, 4.69) is 27.6 Å². The lowest BCUT2D eigenvalue weighted by atomic mass is 10.1. The van der Waals surface area contributed by atoms with E-state index in [1.165, 1.54) is 22.8 Å². The van der Waals surface area contributed by atoms with E-state index in [0.717, 1.165) is 14.8 Å². The third kappa shape index (κ3) is 4.76. The Bertz CT molecular complexity index is 1460. The molecule has 9 heteroatoms. The van der Waals surface area contributed by atoms with E-state index in [9.17, 15) is 14.9 Å². The van der Waals surface area contributed by atoms with Gasteiger partial charge in [0.15, 0.2) is 0 Å². The average molecular weight is 573 g/mol. The molecule has 0 N–H and O–H groups in total. The molecule has 0 atom stereocenters. The lowest BCUT2D eigenvalue weighted by Crippen LogP contribution is -2.22. The minimum atomic E-state index is -0.530. The molecule has 0 unspecified atom stereocenters. The summed E-state index contributed by atoms with van der Waals surface area (Å²) in [5.74, 6) is 0.362. The molecule has 33 heavy (non-hydrogen) atoms. The van der Waals surface area contributed by atoms with Crippen molar-refractivity contribution in [1.29, 1.82) is 0 Å². The fraction of sp³-hybridized carbons (Fsp3) is 0.0833. The highest BCUT2D eigenvalue weighted by atomic mass is 127. The first-order valence-corrected chi connectivity index (χ1v) is 11.3. The van der Waals surface area contributed by atoms with E-state index < -0.39 is 4.92 Å². The second-order valence-corrected chi connectivity index (χ2v) is 9.14. The zero-order valence-corrected chi connectivity index (χ0v) is 20.6. The number of halogens is 2. The fourth-order valence-corrected chi connectivity index (χ4v) is 4.12. The fourth-order valence-electron chi connectivity index (χ4n) is 3.36. The Morgan fingerprint density at radius 2 is 1.79 bits per heavy atom. The number of aromatic nitrogens is 2. The number of hydrogen-bond acceptors (Lipinski definition) is 5. The Hall–Kier alpha value is -3.24. The van der Waals surface area contributed by atoms with Crippen molar-refractivity contribution in [3.05, 3.63) is 101 Å².